The molecule has 0 aliphatic carbocycles. The van der Waals surface area contributed by atoms with E-state index in [-0.39, 0.29) is 0 Å². The number of hydrogen-bond donors (Lipinski definition) is 0. The summed E-state index contributed by atoms with van der Waals surface area (Å²) in [4.78, 5) is 7.05. The van der Waals surface area contributed by atoms with Crippen LogP contribution in [0, 0.1) is 6.92 Å². The lowest BCUT2D eigenvalue weighted by Crippen LogP contribution is -1.99. The van der Waals surface area contributed by atoms with E-state index in [1.54, 1.807) is 11.3 Å². The Morgan fingerprint density at radius 2 is 1.30 bits per heavy atom. The predicted molar refractivity (Wildman–Crippen MR) is 133 cm³/mol. The van der Waals surface area contributed by atoms with Gasteiger partial charge in [0.25, 0.3) is 0 Å². The minimum absolute atomic E-state index is 0.619. The number of nitrogens with zero attached hydrogens (tertiary/aromatic N) is 5. The van der Waals surface area contributed by atoms with Crippen molar-refractivity contribution < 1.29 is 0 Å². The molecule has 6 aromatic rings. The summed E-state index contributed by atoms with van der Waals surface area (Å²) in [5.41, 5.74) is 5.62. The Morgan fingerprint density at radius 3 is 1.97 bits per heavy atom. The van der Waals surface area contributed by atoms with Gasteiger partial charge in [-0.05, 0) is 25.1 Å². The van der Waals surface area contributed by atoms with Crippen LogP contribution >= 0.6 is 11.3 Å². The van der Waals surface area contributed by atoms with Crippen molar-refractivity contribution in [3.63, 3.8) is 0 Å². The Hall–Kier alpha value is -4.16. The SMILES string of the molecule is Cc1nn(-c2ccccc2)c2sc(-c3nnc(-c4ccccc4)c(-c4ccccc4)n3)cc12. The van der Waals surface area contributed by atoms with E-state index in [9.17, 15) is 0 Å². The Morgan fingerprint density at radius 1 is 0.697 bits per heavy atom. The van der Waals surface area contributed by atoms with Gasteiger partial charge in [-0.2, -0.15) is 5.10 Å². The molecule has 0 N–H and O–H groups in total. The normalized spacial score (nSPS) is 11.2. The number of benzene rings is 3. The van der Waals surface area contributed by atoms with Crippen LogP contribution in [0.2, 0.25) is 0 Å². The van der Waals surface area contributed by atoms with Crippen molar-refractivity contribution in [1.82, 2.24) is 25.0 Å². The minimum atomic E-state index is 0.619. The van der Waals surface area contributed by atoms with Crippen LogP contribution in [0.15, 0.2) is 97.1 Å². The number of thiophene rings is 1. The highest BCUT2D eigenvalue weighted by Crippen LogP contribution is 2.36. The predicted octanol–water partition coefficient (Wildman–Crippen LogP) is 6.58. The van der Waals surface area contributed by atoms with Gasteiger partial charge in [0.2, 0.25) is 0 Å². The molecule has 5 nitrogen and oxygen atoms in total. The Kier molecular flexibility index (Phi) is 4.78. The number of aromatic nitrogens is 5. The molecule has 0 radical (unpaired) electrons. The molecule has 0 spiro atoms. The first-order valence-corrected chi connectivity index (χ1v) is 11.5. The lowest BCUT2D eigenvalue weighted by atomic mass is 10.0. The van der Waals surface area contributed by atoms with Crippen LogP contribution in [-0.4, -0.2) is 25.0 Å². The van der Waals surface area contributed by atoms with E-state index in [2.05, 4.69) is 40.5 Å². The summed E-state index contributed by atoms with van der Waals surface area (Å²) in [7, 11) is 0. The first-order chi connectivity index (χ1) is 16.3. The van der Waals surface area contributed by atoms with Crippen molar-refractivity contribution in [2.24, 2.45) is 0 Å². The van der Waals surface area contributed by atoms with Crippen LogP contribution in [0.3, 0.4) is 0 Å². The minimum Gasteiger partial charge on any atom is -0.223 e. The van der Waals surface area contributed by atoms with Crippen LogP contribution < -0.4 is 0 Å². The third-order valence-electron chi connectivity index (χ3n) is 5.55. The summed E-state index contributed by atoms with van der Waals surface area (Å²) in [6.45, 7) is 2.03. The van der Waals surface area contributed by atoms with Crippen molar-refractivity contribution in [3.05, 3.63) is 103 Å². The monoisotopic (exact) mass is 445 g/mol. The van der Waals surface area contributed by atoms with Crippen molar-refractivity contribution in [2.75, 3.05) is 0 Å². The molecule has 0 saturated heterocycles. The number of rotatable bonds is 4. The molecule has 6 heteroatoms. The molecule has 0 amide bonds. The van der Waals surface area contributed by atoms with Gasteiger partial charge in [0, 0.05) is 16.5 Å². The van der Waals surface area contributed by atoms with Crippen molar-refractivity contribution in [2.45, 2.75) is 6.92 Å². The molecule has 0 fully saturated rings. The third-order valence-corrected chi connectivity index (χ3v) is 6.65. The maximum Gasteiger partial charge on any atom is 0.192 e. The zero-order valence-corrected chi connectivity index (χ0v) is 18.7. The fourth-order valence-corrected chi connectivity index (χ4v) is 5.03. The Balaban J connectivity index is 1.52. The average molecular weight is 446 g/mol. The van der Waals surface area contributed by atoms with E-state index in [0.717, 1.165) is 49.0 Å². The smallest absolute Gasteiger partial charge is 0.192 e. The molecule has 3 heterocycles. The second-order valence-electron chi connectivity index (χ2n) is 7.73. The van der Waals surface area contributed by atoms with Crippen molar-refractivity contribution in [1.29, 1.82) is 0 Å². The number of fused-ring (bicyclic) bond motifs is 1. The largest absolute Gasteiger partial charge is 0.223 e. The fraction of sp³-hybridized carbons (Fsp3) is 0.0370. The molecule has 0 atom stereocenters. The quantitative estimate of drug-likeness (QED) is 0.307. The van der Waals surface area contributed by atoms with Gasteiger partial charge in [-0.1, -0.05) is 78.9 Å². The van der Waals surface area contributed by atoms with E-state index in [4.69, 9.17) is 10.1 Å². The summed E-state index contributed by atoms with van der Waals surface area (Å²) in [6, 6.07) is 32.5. The molecule has 33 heavy (non-hydrogen) atoms. The lowest BCUT2D eigenvalue weighted by Gasteiger charge is -2.09. The van der Waals surface area contributed by atoms with Gasteiger partial charge in [0.1, 0.15) is 16.2 Å². The molecule has 0 saturated carbocycles. The molecule has 158 valence electrons. The molecule has 3 aromatic heterocycles. The van der Waals surface area contributed by atoms with Crippen LogP contribution in [0.4, 0.5) is 0 Å². The summed E-state index contributed by atoms with van der Waals surface area (Å²) >= 11 is 1.63. The zero-order chi connectivity index (χ0) is 22.2. The highest BCUT2D eigenvalue weighted by atomic mass is 32.1. The van der Waals surface area contributed by atoms with Crippen molar-refractivity contribution in [3.8, 4) is 38.9 Å². The average Bonchev–Trinajstić information content (AvgIpc) is 3.46. The van der Waals surface area contributed by atoms with Gasteiger partial charge in [0.15, 0.2) is 5.82 Å². The summed E-state index contributed by atoms with van der Waals surface area (Å²) in [6.07, 6.45) is 0. The number of para-hydroxylation sites is 1. The van der Waals surface area contributed by atoms with E-state index in [1.807, 2.05) is 78.3 Å². The van der Waals surface area contributed by atoms with E-state index < -0.39 is 0 Å². The molecule has 0 bridgehead atoms. The molecular formula is C27H19N5S. The number of aryl methyl sites for hydroxylation is 1. The maximum atomic E-state index is 5.00. The highest BCUT2D eigenvalue weighted by Gasteiger charge is 2.19. The van der Waals surface area contributed by atoms with Gasteiger partial charge in [-0.25, -0.2) is 9.67 Å². The van der Waals surface area contributed by atoms with Crippen LogP contribution in [0.25, 0.3) is 49.1 Å². The van der Waals surface area contributed by atoms with Gasteiger partial charge < -0.3 is 0 Å². The van der Waals surface area contributed by atoms with Gasteiger partial charge >= 0.3 is 0 Å². The second kappa shape index (κ2) is 8.07. The summed E-state index contributed by atoms with van der Waals surface area (Å²) in [5.74, 6) is 0.619. The van der Waals surface area contributed by atoms with Crippen LogP contribution in [0.1, 0.15) is 5.69 Å². The molecule has 6 rings (SSSR count). The summed E-state index contributed by atoms with van der Waals surface area (Å²) < 4.78 is 1.99. The maximum absolute atomic E-state index is 5.00. The lowest BCUT2D eigenvalue weighted by molar-refractivity contribution is 0.894. The Bertz CT molecular complexity index is 1550. The molecule has 0 aliphatic heterocycles. The van der Waals surface area contributed by atoms with E-state index >= 15 is 0 Å². The second-order valence-corrected chi connectivity index (χ2v) is 8.76. The summed E-state index contributed by atoms with van der Waals surface area (Å²) in [5, 5.41) is 15.0. The highest BCUT2D eigenvalue weighted by molar-refractivity contribution is 7.21. The molecular weight excluding hydrogens is 426 g/mol. The van der Waals surface area contributed by atoms with Crippen LogP contribution in [0.5, 0.6) is 0 Å². The van der Waals surface area contributed by atoms with Gasteiger partial charge in [-0.15, -0.1) is 21.5 Å². The topological polar surface area (TPSA) is 56.5 Å². The zero-order valence-electron chi connectivity index (χ0n) is 17.9. The number of hydrogen-bond acceptors (Lipinski definition) is 5. The molecule has 0 aliphatic rings. The third kappa shape index (κ3) is 3.50. The van der Waals surface area contributed by atoms with Gasteiger partial charge in [-0.3, -0.25) is 0 Å². The first kappa shape index (κ1) is 19.5. The van der Waals surface area contributed by atoms with Crippen LogP contribution in [-0.2, 0) is 0 Å². The van der Waals surface area contributed by atoms with E-state index in [1.165, 1.54) is 0 Å². The fourth-order valence-electron chi connectivity index (χ4n) is 3.92. The van der Waals surface area contributed by atoms with Crippen molar-refractivity contribution >= 4 is 21.6 Å². The molecule has 3 aromatic carbocycles. The first-order valence-electron chi connectivity index (χ1n) is 10.7. The van der Waals surface area contributed by atoms with Gasteiger partial charge in [0.05, 0.1) is 16.3 Å². The standard InChI is InChI=1S/C27H19N5S/c1-18-22-17-23(33-27(22)32(31-18)21-15-9-4-10-16-21)26-28-24(19-11-5-2-6-12-19)25(29-30-26)20-13-7-3-8-14-20/h2-17H,1H3. The van der Waals surface area contributed by atoms with E-state index in [0.29, 0.717) is 5.82 Å². The molecule has 0 unspecified atom stereocenters. The Labute approximate surface area is 195 Å².